The molecule has 0 aliphatic heterocycles. The average molecular weight is 315 g/mol. The zero-order chi connectivity index (χ0) is 14.0. The molecule has 0 aromatic carbocycles. The van der Waals surface area contributed by atoms with E-state index in [1.54, 1.807) is 0 Å². The predicted molar refractivity (Wildman–Crippen MR) is 78.0 cm³/mol. The molecule has 4 heteroatoms. The number of nitrogens with zero attached hydrogens (tertiary/aromatic N) is 2. The van der Waals surface area contributed by atoms with Gasteiger partial charge in [-0.25, -0.2) is 4.98 Å². The third-order valence-electron chi connectivity index (χ3n) is 2.44. The van der Waals surface area contributed by atoms with Crippen molar-refractivity contribution in [2.45, 2.75) is 53.4 Å². The van der Waals surface area contributed by atoms with Crippen molar-refractivity contribution < 1.29 is 4.74 Å². The van der Waals surface area contributed by atoms with Gasteiger partial charge in [-0.3, -0.25) is 0 Å². The number of hydrogen-bond donors (Lipinski definition) is 0. The van der Waals surface area contributed by atoms with Gasteiger partial charge < -0.3 is 4.74 Å². The predicted octanol–water partition coefficient (Wildman–Crippen LogP) is 4.35. The second-order valence-electron chi connectivity index (χ2n) is 6.76. The highest BCUT2D eigenvalue weighted by Crippen LogP contribution is 2.24. The molecule has 0 saturated carbocycles. The number of aromatic nitrogens is 2. The van der Waals surface area contributed by atoms with Crippen molar-refractivity contribution >= 4 is 15.9 Å². The van der Waals surface area contributed by atoms with Gasteiger partial charge in [-0.05, 0) is 27.8 Å². The second-order valence-corrected chi connectivity index (χ2v) is 7.57. The summed E-state index contributed by atoms with van der Waals surface area (Å²) in [6.45, 7) is 13.6. The molecule has 0 aliphatic carbocycles. The van der Waals surface area contributed by atoms with Crippen LogP contribution in [0.3, 0.4) is 0 Å². The Morgan fingerprint density at radius 3 is 2.22 bits per heavy atom. The fraction of sp³-hybridized carbons (Fsp3) is 0.714. The molecular weight excluding hydrogens is 292 g/mol. The quantitative estimate of drug-likeness (QED) is 0.778. The summed E-state index contributed by atoms with van der Waals surface area (Å²) >= 11 is 3.41. The molecule has 1 aromatic heterocycles. The van der Waals surface area contributed by atoms with Crippen molar-refractivity contribution in [3.8, 4) is 5.88 Å². The van der Waals surface area contributed by atoms with Crippen LogP contribution >= 0.6 is 15.9 Å². The molecule has 0 atom stereocenters. The summed E-state index contributed by atoms with van der Waals surface area (Å²) in [5.41, 5.74) is 0.197. The standard InChI is InChI=1S/C14H23BrN2O/c1-13(2,3)7-8-18-11-9-10(15)16-12(17-11)14(4,5)6/h9H,7-8H2,1-6H3. The number of hydrogen-bond acceptors (Lipinski definition) is 3. The van der Waals surface area contributed by atoms with Crippen molar-refractivity contribution in [3.05, 3.63) is 16.5 Å². The topological polar surface area (TPSA) is 35.0 Å². The van der Waals surface area contributed by atoms with Gasteiger partial charge in [0.1, 0.15) is 10.4 Å². The number of rotatable bonds is 3. The monoisotopic (exact) mass is 314 g/mol. The van der Waals surface area contributed by atoms with E-state index in [1.165, 1.54) is 0 Å². The van der Waals surface area contributed by atoms with Gasteiger partial charge in [-0.2, -0.15) is 4.98 Å². The first kappa shape index (κ1) is 15.4. The molecule has 0 amide bonds. The summed E-state index contributed by atoms with van der Waals surface area (Å²) in [4.78, 5) is 8.85. The molecule has 0 N–H and O–H groups in total. The lowest BCUT2D eigenvalue weighted by Crippen LogP contribution is -2.17. The fourth-order valence-electron chi connectivity index (χ4n) is 1.27. The van der Waals surface area contributed by atoms with E-state index in [0.717, 1.165) is 16.8 Å². The Kier molecular flexibility index (Phi) is 4.76. The van der Waals surface area contributed by atoms with Crippen LogP contribution < -0.4 is 4.74 Å². The summed E-state index contributed by atoms with van der Waals surface area (Å²) in [6.07, 6.45) is 0.999. The van der Waals surface area contributed by atoms with Gasteiger partial charge in [0.15, 0.2) is 0 Å². The van der Waals surface area contributed by atoms with E-state index >= 15 is 0 Å². The Morgan fingerprint density at radius 2 is 1.72 bits per heavy atom. The highest BCUT2D eigenvalue weighted by atomic mass is 79.9. The third-order valence-corrected chi connectivity index (χ3v) is 2.85. The van der Waals surface area contributed by atoms with Crippen molar-refractivity contribution in [1.29, 1.82) is 0 Å². The zero-order valence-corrected chi connectivity index (χ0v) is 13.8. The lowest BCUT2D eigenvalue weighted by atomic mass is 9.93. The van der Waals surface area contributed by atoms with E-state index in [4.69, 9.17) is 4.74 Å². The molecular formula is C14H23BrN2O. The molecule has 0 fully saturated rings. The van der Waals surface area contributed by atoms with Gasteiger partial charge in [-0.1, -0.05) is 41.5 Å². The fourth-order valence-corrected chi connectivity index (χ4v) is 1.63. The smallest absolute Gasteiger partial charge is 0.217 e. The zero-order valence-electron chi connectivity index (χ0n) is 12.2. The SMILES string of the molecule is CC(C)(C)CCOc1cc(Br)nc(C(C)(C)C)n1. The van der Waals surface area contributed by atoms with E-state index in [2.05, 4.69) is 67.4 Å². The first-order valence-corrected chi connectivity index (χ1v) is 7.05. The van der Waals surface area contributed by atoms with Crippen LogP contribution in [0.5, 0.6) is 5.88 Å². The van der Waals surface area contributed by atoms with E-state index in [-0.39, 0.29) is 10.8 Å². The third kappa shape index (κ3) is 5.34. The van der Waals surface area contributed by atoms with Gasteiger partial charge in [-0.15, -0.1) is 0 Å². The van der Waals surface area contributed by atoms with Crippen LogP contribution in [0.4, 0.5) is 0 Å². The van der Waals surface area contributed by atoms with Crippen molar-refractivity contribution in [3.63, 3.8) is 0 Å². The molecule has 0 radical (unpaired) electrons. The summed E-state index contributed by atoms with van der Waals surface area (Å²) in [5, 5.41) is 0. The minimum atomic E-state index is -0.0775. The maximum Gasteiger partial charge on any atom is 0.217 e. The Labute approximate surface area is 119 Å². The largest absolute Gasteiger partial charge is 0.478 e. The second kappa shape index (κ2) is 5.55. The minimum Gasteiger partial charge on any atom is -0.478 e. The molecule has 18 heavy (non-hydrogen) atoms. The molecule has 3 nitrogen and oxygen atoms in total. The molecule has 1 heterocycles. The van der Waals surface area contributed by atoms with Gasteiger partial charge in [0, 0.05) is 11.5 Å². The normalized spacial score (nSPS) is 12.6. The molecule has 0 aliphatic rings. The van der Waals surface area contributed by atoms with E-state index in [0.29, 0.717) is 12.5 Å². The van der Waals surface area contributed by atoms with E-state index in [9.17, 15) is 0 Å². The Balaban J connectivity index is 2.75. The lowest BCUT2D eigenvalue weighted by Gasteiger charge is -2.19. The molecule has 0 spiro atoms. The average Bonchev–Trinajstić information content (AvgIpc) is 2.13. The van der Waals surface area contributed by atoms with Crippen LogP contribution in [-0.2, 0) is 5.41 Å². The summed E-state index contributed by atoms with van der Waals surface area (Å²) < 4.78 is 6.49. The molecule has 0 unspecified atom stereocenters. The number of halogens is 1. The van der Waals surface area contributed by atoms with Crippen LogP contribution in [0.1, 0.15) is 53.8 Å². The van der Waals surface area contributed by atoms with Gasteiger partial charge in [0.25, 0.3) is 0 Å². The first-order chi connectivity index (χ1) is 8.08. The lowest BCUT2D eigenvalue weighted by molar-refractivity contribution is 0.234. The number of ether oxygens (including phenoxy) is 1. The highest BCUT2D eigenvalue weighted by Gasteiger charge is 2.19. The first-order valence-electron chi connectivity index (χ1n) is 6.26. The van der Waals surface area contributed by atoms with Crippen LogP contribution in [-0.4, -0.2) is 16.6 Å². The van der Waals surface area contributed by atoms with Crippen molar-refractivity contribution in [1.82, 2.24) is 9.97 Å². The molecule has 0 bridgehead atoms. The maximum atomic E-state index is 5.72. The Bertz CT molecular complexity index is 405. The van der Waals surface area contributed by atoms with E-state index < -0.39 is 0 Å². The maximum absolute atomic E-state index is 5.72. The van der Waals surface area contributed by atoms with Crippen LogP contribution in [0.2, 0.25) is 0 Å². The van der Waals surface area contributed by atoms with Gasteiger partial charge >= 0.3 is 0 Å². The Hall–Kier alpha value is -0.640. The summed E-state index contributed by atoms with van der Waals surface area (Å²) in [6, 6.07) is 1.82. The van der Waals surface area contributed by atoms with Crippen LogP contribution in [0.25, 0.3) is 0 Å². The molecule has 0 saturated heterocycles. The van der Waals surface area contributed by atoms with Gasteiger partial charge in [0.05, 0.1) is 6.61 Å². The van der Waals surface area contributed by atoms with Crippen LogP contribution in [0.15, 0.2) is 10.7 Å². The highest BCUT2D eigenvalue weighted by molar-refractivity contribution is 9.10. The molecule has 1 aromatic rings. The summed E-state index contributed by atoms with van der Waals surface area (Å²) in [7, 11) is 0. The Morgan fingerprint density at radius 1 is 1.11 bits per heavy atom. The molecule has 102 valence electrons. The van der Waals surface area contributed by atoms with E-state index in [1.807, 2.05) is 6.07 Å². The molecule has 1 rings (SSSR count). The summed E-state index contributed by atoms with van der Waals surface area (Å²) in [5.74, 6) is 1.44. The van der Waals surface area contributed by atoms with Crippen molar-refractivity contribution in [2.75, 3.05) is 6.61 Å². The van der Waals surface area contributed by atoms with Crippen molar-refractivity contribution in [2.24, 2.45) is 5.41 Å². The van der Waals surface area contributed by atoms with Crippen LogP contribution in [0, 0.1) is 5.41 Å². The minimum absolute atomic E-state index is 0.0775. The van der Waals surface area contributed by atoms with Gasteiger partial charge in [0.2, 0.25) is 5.88 Å².